The zero-order valence-corrected chi connectivity index (χ0v) is 11.4. The Labute approximate surface area is 113 Å². The van der Waals surface area contributed by atoms with E-state index < -0.39 is 5.38 Å². The summed E-state index contributed by atoms with van der Waals surface area (Å²) in [6, 6.07) is 7.97. The highest BCUT2D eigenvalue weighted by Gasteiger charge is 2.12. The second-order valence-electron chi connectivity index (χ2n) is 4.70. The number of carbonyl (C=O) groups excluding carboxylic acids is 1. The molecule has 0 radical (unpaired) electrons. The fourth-order valence-electron chi connectivity index (χ4n) is 2.15. The van der Waals surface area contributed by atoms with Crippen LogP contribution in [0.25, 0.3) is 0 Å². The smallest absolute Gasteiger partial charge is 0.242 e. The van der Waals surface area contributed by atoms with Crippen molar-refractivity contribution in [1.29, 1.82) is 0 Å². The first-order valence-corrected chi connectivity index (χ1v) is 6.90. The van der Waals surface area contributed by atoms with Crippen LogP contribution in [-0.2, 0) is 4.79 Å². The molecule has 1 amide bonds. The molecule has 98 valence electrons. The van der Waals surface area contributed by atoms with Gasteiger partial charge in [-0.2, -0.15) is 0 Å². The van der Waals surface area contributed by atoms with Crippen LogP contribution in [0.15, 0.2) is 24.3 Å². The zero-order chi connectivity index (χ0) is 13.0. The molecule has 0 saturated carbocycles. The van der Waals surface area contributed by atoms with Crippen molar-refractivity contribution < 1.29 is 4.79 Å². The van der Waals surface area contributed by atoms with E-state index in [-0.39, 0.29) is 5.91 Å². The Bertz CT molecular complexity index is 397. The lowest BCUT2D eigenvalue weighted by molar-refractivity contribution is -0.115. The molecule has 2 rings (SSSR count). The Morgan fingerprint density at radius 1 is 1.22 bits per heavy atom. The van der Waals surface area contributed by atoms with Crippen molar-refractivity contribution in [3.8, 4) is 0 Å². The standard InChI is InChI=1S/C14H19ClN2O/c1-11(15)14(18)16-12-5-7-13(8-6-12)17-9-3-2-4-10-17/h5-8,11H,2-4,9-10H2,1H3,(H,16,18). The maximum atomic E-state index is 11.4. The largest absolute Gasteiger partial charge is 0.372 e. The summed E-state index contributed by atoms with van der Waals surface area (Å²) in [7, 11) is 0. The molecule has 1 saturated heterocycles. The normalized spacial score (nSPS) is 17.3. The summed E-state index contributed by atoms with van der Waals surface area (Å²) in [5, 5.41) is 2.27. The van der Waals surface area contributed by atoms with Gasteiger partial charge in [0.2, 0.25) is 5.91 Å². The van der Waals surface area contributed by atoms with Crippen molar-refractivity contribution in [2.45, 2.75) is 31.6 Å². The number of piperidine rings is 1. The second-order valence-corrected chi connectivity index (χ2v) is 5.35. The van der Waals surface area contributed by atoms with Gasteiger partial charge in [0.1, 0.15) is 5.38 Å². The highest BCUT2D eigenvalue weighted by Crippen LogP contribution is 2.21. The summed E-state index contributed by atoms with van der Waals surface area (Å²) < 4.78 is 0. The van der Waals surface area contributed by atoms with Gasteiger partial charge in [-0.15, -0.1) is 11.6 Å². The lowest BCUT2D eigenvalue weighted by Gasteiger charge is -2.28. The molecule has 1 unspecified atom stereocenters. The number of amides is 1. The Hall–Kier alpha value is -1.22. The van der Waals surface area contributed by atoms with Crippen molar-refractivity contribution >= 4 is 28.9 Å². The van der Waals surface area contributed by atoms with E-state index in [1.807, 2.05) is 12.1 Å². The third kappa shape index (κ3) is 3.39. The van der Waals surface area contributed by atoms with Crippen LogP contribution < -0.4 is 10.2 Å². The molecule has 1 heterocycles. The monoisotopic (exact) mass is 266 g/mol. The maximum absolute atomic E-state index is 11.4. The van der Waals surface area contributed by atoms with Gasteiger partial charge in [0.05, 0.1) is 0 Å². The van der Waals surface area contributed by atoms with Gasteiger partial charge in [-0.3, -0.25) is 4.79 Å². The zero-order valence-electron chi connectivity index (χ0n) is 10.7. The maximum Gasteiger partial charge on any atom is 0.242 e. The fraction of sp³-hybridized carbons (Fsp3) is 0.500. The van der Waals surface area contributed by atoms with E-state index in [4.69, 9.17) is 11.6 Å². The SMILES string of the molecule is CC(Cl)C(=O)Nc1ccc(N2CCCCC2)cc1. The number of benzene rings is 1. The molecule has 0 aromatic heterocycles. The highest BCUT2D eigenvalue weighted by molar-refractivity contribution is 6.32. The first-order chi connectivity index (χ1) is 8.66. The Kier molecular flexibility index (Phi) is 4.48. The first-order valence-electron chi connectivity index (χ1n) is 6.47. The molecule has 1 aliphatic heterocycles. The summed E-state index contributed by atoms with van der Waals surface area (Å²) in [6.07, 6.45) is 3.86. The Morgan fingerprint density at radius 3 is 2.39 bits per heavy atom. The lowest BCUT2D eigenvalue weighted by Crippen LogP contribution is -2.29. The van der Waals surface area contributed by atoms with Crippen molar-refractivity contribution in [3.63, 3.8) is 0 Å². The van der Waals surface area contributed by atoms with Crippen molar-refractivity contribution in [2.24, 2.45) is 0 Å². The quantitative estimate of drug-likeness (QED) is 0.852. The van der Waals surface area contributed by atoms with Crippen LogP contribution in [0.1, 0.15) is 26.2 Å². The number of alkyl halides is 1. The predicted molar refractivity (Wildman–Crippen MR) is 76.5 cm³/mol. The minimum atomic E-state index is -0.508. The molecule has 3 nitrogen and oxygen atoms in total. The van der Waals surface area contributed by atoms with Gasteiger partial charge in [0, 0.05) is 24.5 Å². The van der Waals surface area contributed by atoms with E-state index in [0.717, 1.165) is 18.8 Å². The van der Waals surface area contributed by atoms with Gasteiger partial charge >= 0.3 is 0 Å². The highest BCUT2D eigenvalue weighted by atomic mass is 35.5. The third-order valence-electron chi connectivity index (χ3n) is 3.22. The lowest BCUT2D eigenvalue weighted by atomic mass is 10.1. The van der Waals surface area contributed by atoms with E-state index in [1.54, 1.807) is 6.92 Å². The molecule has 1 atom stereocenters. The second kappa shape index (κ2) is 6.10. The summed E-state index contributed by atoms with van der Waals surface area (Å²) in [6.45, 7) is 3.92. The van der Waals surface area contributed by atoms with Crippen LogP contribution in [0, 0.1) is 0 Å². The Balaban J connectivity index is 1.98. The molecule has 0 bridgehead atoms. The summed E-state index contributed by atoms with van der Waals surface area (Å²) in [5.41, 5.74) is 2.03. The average molecular weight is 267 g/mol. The van der Waals surface area contributed by atoms with E-state index >= 15 is 0 Å². The molecule has 0 aliphatic carbocycles. The first kappa shape index (κ1) is 13.2. The van der Waals surface area contributed by atoms with Crippen molar-refractivity contribution in [1.82, 2.24) is 0 Å². The van der Waals surface area contributed by atoms with Crippen LogP contribution in [0.4, 0.5) is 11.4 Å². The molecule has 1 aliphatic rings. The van der Waals surface area contributed by atoms with Gasteiger partial charge in [-0.05, 0) is 50.5 Å². The molecular formula is C14H19ClN2O. The summed E-state index contributed by atoms with van der Waals surface area (Å²) in [4.78, 5) is 13.8. The Morgan fingerprint density at radius 2 is 1.83 bits per heavy atom. The third-order valence-corrected chi connectivity index (χ3v) is 3.42. The number of hydrogen-bond donors (Lipinski definition) is 1. The van der Waals surface area contributed by atoms with Gasteiger partial charge in [-0.25, -0.2) is 0 Å². The van der Waals surface area contributed by atoms with Gasteiger partial charge < -0.3 is 10.2 Å². The number of halogens is 1. The summed E-state index contributed by atoms with van der Waals surface area (Å²) in [5.74, 6) is -0.164. The molecular weight excluding hydrogens is 248 g/mol. The van der Waals surface area contributed by atoms with E-state index in [0.29, 0.717) is 0 Å². The van der Waals surface area contributed by atoms with Crippen LogP contribution >= 0.6 is 11.6 Å². The van der Waals surface area contributed by atoms with E-state index in [9.17, 15) is 4.79 Å². The number of nitrogens with one attached hydrogen (secondary N) is 1. The molecule has 1 fully saturated rings. The minimum absolute atomic E-state index is 0.164. The molecule has 18 heavy (non-hydrogen) atoms. The van der Waals surface area contributed by atoms with Gasteiger partial charge in [0.25, 0.3) is 0 Å². The van der Waals surface area contributed by atoms with E-state index in [2.05, 4.69) is 22.3 Å². The number of hydrogen-bond acceptors (Lipinski definition) is 2. The van der Waals surface area contributed by atoms with Crippen molar-refractivity contribution in [2.75, 3.05) is 23.3 Å². The fourth-order valence-corrected chi connectivity index (χ4v) is 2.20. The number of rotatable bonds is 3. The molecule has 1 aromatic carbocycles. The number of nitrogens with zero attached hydrogens (tertiary/aromatic N) is 1. The van der Waals surface area contributed by atoms with Crippen LogP contribution in [0.5, 0.6) is 0 Å². The van der Waals surface area contributed by atoms with Crippen molar-refractivity contribution in [3.05, 3.63) is 24.3 Å². The topological polar surface area (TPSA) is 32.3 Å². The average Bonchev–Trinajstić information content (AvgIpc) is 2.40. The van der Waals surface area contributed by atoms with E-state index in [1.165, 1.54) is 24.9 Å². The predicted octanol–water partition coefficient (Wildman–Crippen LogP) is 3.24. The number of anilines is 2. The molecule has 1 aromatic rings. The van der Waals surface area contributed by atoms with Crippen LogP contribution in [-0.4, -0.2) is 24.4 Å². The summed E-state index contributed by atoms with van der Waals surface area (Å²) >= 11 is 5.71. The van der Waals surface area contributed by atoms with Crippen LogP contribution in [0.2, 0.25) is 0 Å². The number of carbonyl (C=O) groups is 1. The van der Waals surface area contributed by atoms with Crippen LogP contribution in [0.3, 0.4) is 0 Å². The molecule has 4 heteroatoms. The van der Waals surface area contributed by atoms with Gasteiger partial charge in [0.15, 0.2) is 0 Å². The van der Waals surface area contributed by atoms with Gasteiger partial charge in [-0.1, -0.05) is 0 Å². The minimum Gasteiger partial charge on any atom is -0.372 e. The molecule has 1 N–H and O–H groups in total. The molecule has 0 spiro atoms.